The number of benzene rings is 3. The molecule has 10 nitrogen and oxygen atoms in total. The highest BCUT2D eigenvalue weighted by atomic mass is 16.5. The number of aromatic nitrogens is 1. The van der Waals surface area contributed by atoms with Crippen molar-refractivity contribution in [2.75, 3.05) is 37.5 Å². The van der Waals surface area contributed by atoms with Gasteiger partial charge in [-0.2, -0.15) is 4.98 Å². The summed E-state index contributed by atoms with van der Waals surface area (Å²) in [4.78, 5) is 44.3. The van der Waals surface area contributed by atoms with E-state index in [9.17, 15) is 19.5 Å². The van der Waals surface area contributed by atoms with E-state index in [0.717, 1.165) is 16.8 Å². The second kappa shape index (κ2) is 11.1. The molecule has 2 amide bonds. The fraction of sp³-hybridized carbons (Fsp3) is 0.267. The minimum absolute atomic E-state index is 0.119. The van der Waals surface area contributed by atoms with Gasteiger partial charge in [-0.3, -0.25) is 14.4 Å². The second-order valence-electron chi connectivity index (χ2n) is 9.84. The van der Waals surface area contributed by atoms with Crippen molar-refractivity contribution in [3.05, 3.63) is 77.9 Å². The van der Waals surface area contributed by atoms with Crippen LogP contribution in [0, 0.1) is 5.92 Å². The summed E-state index contributed by atoms with van der Waals surface area (Å²) in [6.45, 7) is 2.01. The summed E-state index contributed by atoms with van der Waals surface area (Å²) in [5.41, 5.74) is 4.23. The van der Waals surface area contributed by atoms with Gasteiger partial charge in [0.15, 0.2) is 5.58 Å². The number of aliphatic carboxylic acids is 1. The lowest BCUT2D eigenvalue weighted by Gasteiger charge is -2.20. The highest BCUT2D eigenvalue weighted by Crippen LogP contribution is 2.34. The van der Waals surface area contributed by atoms with Crippen molar-refractivity contribution in [3.63, 3.8) is 0 Å². The number of methoxy groups -OCH3 is 1. The van der Waals surface area contributed by atoms with Crippen LogP contribution < -0.4 is 15.0 Å². The molecule has 2 heterocycles. The number of carbonyl (C=O) groups is 3. The fourth-order valence-electron chi connectivity index (χ4n) is 5.03. The zero-order valence-corrected chi connectivity index (χ0v) is 22.5. The SMILES string of the molecule is COc1ccccc1Nc1nc2ccc(CC(=O)N(C)c3ccc(C4CN(C(C)=O)CC4C(=O)O)cc3)cc2o1. The van der Waals surface area contributed by atoms with Crippen LogP contribution in [0.2, 0.25) is 0 Å². The first-order chi connectivity index (χ1) is 19.2. The molecular formula is C30H30N4O6. The Balaban J connectivity index is 1.26. The van der Waals surface area contributed by atoms with Gasteiger partial charge in [0.1, 0.15) is 11.3 Å². The van der Waals surface area contributed by atoms with Crippen molar-refractivity contribution in [2.24, 2.45) is 5.92 Å². The van der Waals surface area contributed by atoms with Gasteiger partial charge < -0.3 is 29.4 Å². The minimum Gasteiger partial charge on any atom is -0.495 e. The topological polar surface area (TPSA) is 125 Å². The lowest BCUT2D eigenvalue weighted by atomic mass is 9.89. The van der Waals surface area contributed by atoms with Crippen LogP contribution in [0.5, 0.6) is 5.75 Å². The molecule has 1 fully saturated rings. The Morgan fingerprint density at radius 1 is 1.10 bits per heavy atom. The van der Waals surface area contributed by atoms with Gasteiger partial charge in [0.05, 0.1) is 25.1 Å². The Morgan fingerprint density at radius 3 is 2.55 bits per heavy atom. The van der Waals surface area contributed by atoms with E-state index < -0.39 is 11.9 Å². The maximum atomic E-state index is 13.1. The molecule has 3 aromatic carbocycles. The Morgan fingerprint density at radius 2 is 1.85 bits per heavy atom. The average molecular weight is 543 g/mol. The third kappa shape index (κ3) is 5.47. The molecule has 5 rings (SSSR count). The number of carbonyl (C=O) groups excluding carboxylic acids is 2. The van der Waals surface area contributed by atoms with Crippen LogP contribution >= 0.6 is 0 Å². The van der Waals surface area contributed by atoms with Gasteiger partial charge in [0, 0.05) is 38.7 Å². The van der Waals surface area contributed by atoms with Gasteiger partial charge in [-0.1, -0.05) is 30.3 Å². The fourth-order valence-corrected chi connectivity index (χ4v) is 5.03. The van der Waals surface area contributed by atoms with Gasteiger partial charge in [-0.15, -0.1) is 0 Å². The summed E-state index contributed by atoms with van der Waals surface area (Å²) in [6, 6.07) is 20.5. The van der Waals surface area contributed by atoms with Gasteiger partial charge in [-0.25, -0.2) is 0 Å². The minimum atomic E-state index is -0.920. The Bertz CT molecular complexity index is 1560. The standard InChI is InChI=1S/C30H30N4O6/c1-18(35)34-16-22(23(17-34)29(37)38)20-9-11-21(12-10-20)33(2)28(36)15-19-8-13-25-27(14-19)40-30(32-25)31-24-6-4-5-7-26(24)39-3/h4-14,22-23H,15-17H2,1-3H3,(H,31,32)(H,37,38). The molecule has 4 aromatic rings. The Labute approximate surface area is 231 Å². The molecule has 40 heavy (non-hydrogen) atoms. The molecule has 1 aliphatic heterocycles. The van der Waals surface area contributed by atoms with Crippen molar-refractivity contribution in [3.8, 4) is 5.75 Å². The Kier molecular flexibility index (Phi) is 7.41. The number of carboxylic acids is 1. The largest absolute Gasteiger partial charge is 0.495 e. The van der Waals surface area contributed by atoms with Crippen LogP contribution in [0.25, 0.3) is 11.1 Å². The highest BCUT2D eigenvalue weighted by Gasteiger charge is 2.39. The summed E-state index contributed by atoms with van der Waals surface area (Å²) >= 11 is 0. The number of oxazole rings is 1. The van der Waals surface area contributed by atoms with E-state index in [-0.39, 0.29) is 30.7 Å². The maximum Gasteiger partial charge on any atom is 0.308 e. The number of carboxylic acid groups (broad SMARTS) is 1. The van der Waals surface area contributed by atoms with Crippen LogP contribution in [0.1, 0.15) is 24.0 Å². The Hall–Kier alpha value is -4.86. The third-order valence-corrected chi connectivity index (χ3v) is 7.32. The van der Waals surface area contributed by atoms with Crippen LogP contribution in [0.15, 0.2) is 71.1 Å². The molecule has 1 aromatic heterocycles. The normalized spacial score (nSPS) is 16.6. The first-order valence-electron chi connectivity index (χ1n) is 12.9. The number of fused-ring (bicyclic) bond motifs is 1. The molecule has 0 radical (unpaired) electrons. The first-order valence-corrected chi connectivity index (χ1v) is 12.9. The van der Waals surface area contributed by atoms with Crippen molar-refractivity contribution in [1.29, 1.82) is 0 Å². The van der Waals surface area contributed by atoms with Crippen molar-refractivity contribution >= 4 is 46.3 Å². The smallest absolute Gasteiger partial charge is 0.308 e. The molecule has 206 valence electrons. The molecule has 2 atom stereocenters. The number of amides is 2. The predicted octanol–water partition coefficient (Wildman–Crippen LogP) is 4.43. The number of likely N-dealkylation sites (tertiary alicyclic amines) is 1. The molecule has 2 N–H and O–H groups in total. The summed E-state index contributed by atoms with van der Waals surface area (Å²) in [7, 11) is 3.29. The predicted molar refractivity (Wildman–Crippen MR) is 150 cm³/mol. The average Bonchev–Trinajstić information content (AvgIpc) is 3.57. The van der Waals surface area contributed by atoms with E-state index in [1.54, 1.807) is 42.2 Å². The van der Waals surface area contributed by atoms with E-state index >= 15 is 0 Å². The number of nitrogens with one attached hydrogen (secondary N) is 1. The molecule has 1 saturated heterocycles. The van der Waals surface area contributed by atoms with Gasteiger partial charge in [0.2, 0.25) is 11.8 Å². The zero-order chi connectivity index (χ0) is 28.4. The number of rotatable bonds is 8. The van der Waals surface area contributed by atoms with Crippen LogP contribution in [0.3, 0.4) is 0 Å². The number of hydrogen-bond acceptors (Lipinski definition) is 7. The quantitative estimate of drug-likeness (QED) is 0.335. The number of para-hydroxylation sites is 2. The molecular weight excluding hydrogens is 512 g/mol. The van der Waals surface area contributed by atoms with E-state index in [0.29, 0.717) is 35.1 Å². The molecule has 0 bridgehead atoms. The summed E-state index contributed by atoms with van der Waals surface area (Å²) in [5.74, 6) is -1.47. The van der Waals surface area contributed by atoms with Crippen molar-refractivity contribution in [1.82, 2.24) is 9.88 Å². The monoisotopic (exact) mass is 542 g/mol. The number of nitrogens with zero attached hydrogens (tertiary/aromatic N) is 3. The van der Waals surface area contributed by atoms with Gasteiger partial charge in [0.25, 0.3) is 6.01 Å². The van der Waals surface area contributed by atoms with Crippen molar-refractivity contribution in [2.45, 2.75) is 19.3 Å². The first kappa shape index (κ1) is 26.7. The number of hydrogen-bond donors (Lipinski definition) is 2. The number of likely N-dealkylation sites (N-methyl/N-ethyl adjacent to an activating group) is 1. The number of ether oxygens (including phenoxy) is 1. The van der Waals surface area contributed by atoms with Crippen LogP contribution in [0.4, 0.5) is 17.4 Å². The molecule has 10 heteroatoms. The van der Waals surface area contributed by atoms with Gasteiger partial charge >= 0.3 is 5.97 Å². The molecule has 1 aliphatic rings. The second-order valence-corrected chi connectivity index (χ2v) is 9.84. The van der Waals surface area contributed by atoms with Crippen molar-refractivity contribution < 1.29 is 28.6 Å². The summed E-state index contributed by atoms with van der Waals surface area (Å²) in [5, 5.41) is 12.8. The zero-order valence-electron chi connectivity index (χ0n) is 22.5. The lowest BCUT2D eigenvalue weighted by molar-refractivity contribution is -0.141. The lowest BCUT2D eigenvalue weighted by Crippen LogP contribution is -2.28. The highest BCUT2D eigenvalue weighted by molar-refractivity contribution is 5.94. The molecule has 0 saturated carbocycles. The summed E-state index contributed by atoms with van der Waals surface area (Å²) < 4.78 is 11.2. The maximum absolute atomic E-state index is 13.1. The van der Waals surface area contributed by atoms with E-state index in [1.807, 2.05) is 48.5 Å². The summed E-state index contributed by atoms with van der Waals surface area (Å²) in [6.07, 6.45) is 0.154. The van der Waals surface area contributed by atoms with E-state index in [1.165, 1.54) is 6.92 Å². The van der Waals surface area contributed by atoms with E-state index in [4.69, 9.17) is 9.15 Å². The molecule has 0 aliphatic carbocycles. The molecule has 0 spiro atoms. The van der Waals surface area contributed by atoms with E-state index in [2.05, 4.69) is 10.3 Å². The third-order valence-electron chi connectivity index (χ3n) is 7.32. The van der Waals surface area contributed by atoms with Crippen LogP contribution in [-0.4, -0.2) is 60.0 Å². The van der Waals surface area contributed by atoms with Gasteiger partial charge in [-0.05, 0) is 47.5 Å². The van der Waals surface area contributed by atoms with Crippen LogP contribution in [-0.2, 0) is 20.8 Å². The number of anilines is 3. The molecule has 2 unspecified atom stereocenters.